The maximum absolute atomic E-state index is 11.7. The zero-order valence-corrected chi connectivity index (χ0v) is 11.5. The minimum absolute atomic E-state index is 0.108. The molecule has 3 rings (SSSR count). The van der Waals surface area contributed by atoms with Gasteiger partial charge in [-0.15, -0.1) is 11.3 Å². The molecule has 0 spiro atoms. The molecule has 100 valence electrons. The first-order valence-corrected chi connectivity index (χ1v) is 7.11. The van der Waals surface area contributed by atoms with Crippen molar-refractivity contribution in [2.24, 2.45) is 5.10 Å². The molecule has 0 unspecified atom stereocenters. The van der Waals surface area contributed by atoms with Gasteiger partial charge in [0.15, 0.2) is 0 Å². The van der Waals surface area contributed by atoms with Gasteiger partial charge >= 0.3 is 0 Å². The van der Waals surface area contributed by atoms with Crippen molar-refractivity contribution in [2.75, 3.05) is 0 Å². The number of amides is 1. The molecule has 0 atom stereocenters. The average Bonchev–Trinajstić information content (AvgIpc) is 3.09. The number of hydrogen-bond donors (Lipinski definition) is 2. The molecule has 0 aliphatic carbocycles. The van der Waals surface area contributed by atoms with Crippen LogP contribution in [-0.2, 0) is 11.2 Å². The molecule has 5 heteroatoms. The molecule has 0 radical (unpaired) electrons. The standard InChI is InChI=1S/C15H13N3OS/c19-15(8-12-4-3-7-20-12)18-17-10-11-9-16-14-6-2-1-5-13(11)14/h1-7,9-10,16H,8H2,(H,18,19). The lowest BCUT2D eigenvalue weighted by atomic mass is 10.2. The van der Waals surface area contributed by atoms with Crippen LogP contribution in [0.15, 0.2) is 53.1 Å². The predicted molar refractivity (Wildman–Crippen MR) is 82.1 cm³/mol. The molecule has 0 fully saturated rings. The topological polar surface area (TPSA) is 57.2 Å². The van der Waals surface area contributed by atoms with Crippen molar-refractivity contribution in [1.82, 2.24) is 10.4 Å². The van der Waals surface area contributed by atoms with E-state index in [1.54, 1.807) is 17.6 Å². The largest absolute Gasteiger partial charge is 0.361 e. The van der Waals surface area contributed by atoms with E-state index in [9.17, 15) is 4.79 Å². The van der Waals surface area contributed by atoms with Crippen molar-refractivity contribution in [3.05, 3.63) is 58.4 Å². The Hall–Kier alpha value is -2.40. The lowest BCUT2D eigenvalue weighted by molar-refractivity contribution is -0.120. The van der Waals surface area contributed by atoms with Gasteiger partial charge in [-0.3, -0.25) is 4.79 Å². The number of carbonyl (C=O) groups is 1. The smallest absolute Gasteiger partial charge is 0.245 e. The van der Waals surface area contributed by atoms with Crippen LogP contribution < -0.4 is 5.43 Å². The number of fused-ring (bicyclic) bond motifs is 1. The van der Waals surface area contributed by atoms with Gasteiger partial charge in [-0.05, 0) is 17.5 Å². The number of nitrogens with one attached hydrogen (secondary N) is 2. The Labute approximate surface area is 120 Å². The van der Waals surface area contributed by atoms with Crippen molar-refractivity contribution < 1.29 is 4.79 Å². The van der Waals surface area contributed by atoms with E-state index in [2.05, 4.69) is 15.5 Å². The second kappa shape index (κ2) is 5.71. The lowest BCUT2D eigenvalue weighted by Crippen LogP contribution is -2.19. The third-order valence-electron chi connectivity index (χ3n) is 2.93. The molecule has 0 bridgehead atoms. The Morgan fingerprint density at radius 1 is 1.30 bits per heavy atom. The number of thiophene rings is 1. The van der Waals surface area contributed by atoms with Crippen molar-refractivity contribution in [3.8, 4) is 0 Å². The number of para-hydroxylation sites is 1. The third-order valence-corrected chi connectivity index (χ3v) is 3.81. The van der Waals surface area contributed by atoms with Crippen LogP contribution in [0.25, 0.3) is 10.9 Å². The summed E-state index contributed by atoms with van der Waals surface area (Å²) >= 11 is 1.57. The van der Waals surface area contributed by atoms with Crippen molar-refractivity contribution in [3.63, 3.8) is 0 Å². The van der Waals surface area contributed by atoms with Crippen molar-refractivity contribution in [1.29, 1.82) is 0 Å². The zero-order valence-electron chi connectivity index (χ0n) is 10.7. The van der Waals surface area contributed by atoms with Crippen LogP contribution in [-0.4, -0.2) is 17.1 Å². The quantitative estimate of drug-likeness (QED) is 0.561. The molecular weight excluding hydrogens is 270 g/mol. The first kappa shape index (κ1) is 12.6. The Morgan fingerprint density at radius 2 is 2.20 bits per heavy atom. The van der Waals surface area contributed by atoms with E-state index in [1.807, 2.05) is 48.0 Å². The summed E-state index contributed by atoms with van der Waals surface area (Å²) in [7, 11) is 0. The van der Waals surface area contributed by atoms with E-state index in [4.69, 9.17) is 0 Å². The predicted octanol–water partition coefficient (Wildman–Crippen LogP) is 2.92. The third kappa shape index (κ3) is 2.78. The highest BCUT2D eigenvalue weighted by atomic mass is 32.1. The normalized spacial score (nSPS) is 11.2. The molecule has 20 heavy (non-hydrogen) atoms. The minimum Gasteiger partial charge on any atom is -0.361 e. The Bertz CT molecular complexity index is 743. The van der Waals surface area contributed by atoms with Crippen LogP contribution in [0.3, 0.4) is 0 Å². The maximum atomic E-state index is 11.7. The molecule has 3 aromatic rings. The fraction of sp³-hybridized carbons (Fsp3) is 0.0667. The van der Waals surface area contributed by atoms with Crippen LogP contribution in [0, 0.1) is 0 Å². The summed E-state index contributed by atoms with van der Waals surface area (Å²) in [4.78, 5) is 15.9. The molecule has 1 aromatic carbocycles. The van der Waals surface area contributed by atoms with E-state index in [-0.39, 0.29) is 5.91 Å². The zero-order chi connectivity index (χ0) is 13.8. The van der Waals surface area contributed by atoms with Crippen molar-refractivity contribution >= 4 is 34.4 Å². The number of rotatable bonds is 4. The van der Waals surface area contributed by atoms with Gasteiger partial charge in [-0.2, -0.15) is 5.10 Å². The van der Waals surface area contributed by atoms with Crippen LogP contribution in [0.4, 0.5) is 0 Å². The van der Waals surface area contributed by atoms with Crippen LogP contribution >= 0.6 is 11.3 Å². The van der Waals surface area contributed by atoms with Gasteiger partial charge in [0, 0.05) is 27.5 Å². The van der Waals surface area contributed by atoms with Gasteiger partial charge in [-0.25, -0.2) is 5.43 Å². The summed E-state index contributed by atoms with van der Waals surface area (Å²) in [5.74, 6) is -0.108. The summed E-state index contributed by atoms with van der Waals surface area (Å²) in [6.07, 6.45) is 3.90. The van der Waals surface area contributed by atoms with Gasteiger partial charge in [0.2, 0.25) is 5.91 Å². The summed E-state index contributed by atoms with van der Waals surface area (Å²) in [6, 6.07) is 11.8. The number of hydrogen-bond acceptors (Lipinski definition) is 3. The summed E-state index contributed by atoms with van der Waals surface area (Å²) in [6.45, 7) is 0. The van der Waals surface area contributed by atoms with Gasteiger partial charge in [0.1, 0.15) is 0 Å². The van der Waals surface area contributed by atoms with Gasteiger partial charge in [0.05, 0.1) is 12.6 Å². The minimum atomic E-state index is -0.108. The first-order valence-electron chi connectivity index (χ1n) is 6.23. The van der Waals surface area contributed by atoms with Gasteiger partial charge < -0.3 is 4.98 Å². The van der Waals surface area contributed by atoms with E-state index in [0.29, 0.717) is 6.42 Å². The number of aromatic nitrogens is 1. The van der Waals surface area contributed by atoms with Gasteiger partial charge in [0.25, 0.3) is 0 Å². The molecule has 2 aromatic heterocycles. The fourth-order valence-corrected chi connectivity index (χ4v) is 2.69. The Balaban J connectivity index is 1.64. The average molecular weight is 283 g/mol. The molecule has 0 saturated heterocycles. The molecule has 2 heterocycles. The SMILES string of the molecule is O=C(Cc1cccs1)NN=Cc1c[nH]c2ccccc12. The number of carbonyl (C=O) groups excluding carboxylic acids is 1. The summed E-state index contributed by atoms with van der Waals surface area (Å²) in [5, 5.41) is 7.05. The molecule has 4 nitrogen and oxygen atoms in total. The summed E-state index contributed by atoms with van der Waals surface area (Å²) < 4.78 is 0. The van der Waals surface area contributed by atoms with Crippen molar-refractivity contribution in [2.45, 2.75) is 6.42 Å². The second-order valence-corrected chi connectivity index (χ2v) is 5.37. The van der Waals surface area contributed by atoms with E-state index in [1.165, 1.54) is 0 Å². The number of H-pyrrole nitrogens is 1. The molecule has 0 aliphatic heterocycles. The molecule has 0 aliphatic rings. The van der Waals surface area contributed by atoms with Gasteiger partial charge in [-0.1, -0.05) is 24.3 Å². The highest BCUT2D eigenvalue weighted by Crippen LogP contribution is 2.15. The van der Waals surface area contributed by atoms with E-state index >= 15 is 0 Å². The van der Waals surface area contributed by atoms with Crippen LogP contribution in [0.2, 0.25) is 0 Å². The maximum Gasteiger partial charge on any atom is 0.245 e. The number of benzene rings is 1. The molecule has 2 N–H and O–H groups in total. The fourth-order valence-electron chi connectivity index (χ4n) is 1.99. The Morgan fingerprint density at radius 3 is 3.05 bits per heavy atom. The molecular formula is C15H13N3OS. The van der Waals surface area contributed by atoms with E-state index in [0.717, 1.165) is 21.3 Å². The monoisotopic (exact) mass is 283 g/mol. The first-order chi connectivity index (χ1) is 9.83. The van der Waals surface area contributed by atoms with E-state index < -0.39 is 0 Å². The summed E-state index contributed by atoms with van der Waals surface area (Å²) in [5.41, 5.74) is 4.56. The number of nitrogens with zero attached hydrogens (tertiary/aromatic N) is 1. The van der Waals surface area contributed by atoms with Crippen LogP contribution in [0.1, 0.15) is 10.4 Å². The lowest BCUT2D eigenvalue weighted by Gasteiger charge is -1.96. The highest BCUT2D eigenvalue weighted by Gasteiger charge is 2.03. The number of aromatic amines is 1. The second-order valence-electron chi connectivity index (χ2n) is 4.34. The van der Waals surface area contributed by atoms with Crippen LogP contribution in [0.5, 0.6) is 0 Å². The highest BCUT2D eigenvalue weighted by molar-refractivity contribution is 7.10. The Kier molecular flexibility index (Phi) is 3.60. The molecule has 1 amide bonds. The molecule has 0 saturated carbocycles. The number of hydrazone groups is 1.